The molecule has 10 heavy (non-hydrogen) atoms. The third kappa shape index (κ3) is 2.71. The third-order valence-electron chi connectivity index (χ3n) is 1.94. The molecule has 1 unspecified atom stereocenters. The topological polar surface area (TPSA) is 0 Å². The first-order chi connectivity index (χ1) is 4.83. The average Bonchev–Trinajstić information content (AvgIpc) is 2.40. The van der Waals surface area contributed by atoms with E-state index in [2.05, 4.69) is 18.7 Å². The SMILES string of the molecule is CC(CCl)SC1CCCC1. The summed E-state index contributed by atoms with van der Waals surface area (Å²) >= 11 is 7.78. The van der Waals surface area contributed by atoms with Crippen LogP contribution >= 0.6 is 23.4 Å². The molecule has 0 aromatic carbocycles. The van der Waals surface area contributed by atoms with Gasteiger partial charge in [0.05, 0.1) is 0 Å². The second-order valence-electron chi connectivity index (χ2n) is 3.01. The van der Waals surface area contributed by atoms with Gasteiger partial charge in [0.1, 0.15) is 0 Å². The van der Waals surface area contributed by atoms with Crippen LogP contribution in [-0.4, -0.2) is 16.4 Å². The maximum absolute atomic E-state index is 5.71. The molecule has 1 aliphatic carbocycles. The average molecular weight is 179 g/mol. The second kappa shape index (κ2) is 4.50. The summed E-state index contributed by atoms with van der Waals surface area (Å²) in [6.45, 7) is 2.22. The quantitative estimate of drug-likeness (QED) is 0.598. The Hall–Kier alpha value is 0.640. The van der Waals surface area contributed by atoms with Crippen molar-refractivity contribution >= 4 is 23.4 Å². The Morgan fingerprint density at radius 1 is 1.50 bits per heavy atom. The van der Waals surface area contributed by atoms with Gasteiger partial charge in [-0.2, -0.15) is 11.8 Å². The molecule has 0 aromatic rings. The van der Waals surface area contributed by atoms with Crippen molar-refractivity contribution in [3.05, 3.63) is 0 Å². The summed E-state index contributed by atoms with van der Waals surface area (Å²) in [5.41, 5.74) is 0. The van der Waals surface area contributed by atoms with E-state index >= 15 is 0 Å². The number of thioether (sulfide) groups is 1. The van der Waals surface area contributed by atoms with Crippen LogP contribution in [0.4, 0.5) is 0 Å². The van der Waals surface area contributed by atoms with E-state index in [4.69, 9.17) is 11.6 Å². The maximum atomic E-state index is 5.71. The minimum Gasteiger partial charge on any atom is -0.154 e. The van der Waals surface area contributed by atoms with Gasteiger partial charge in [-0.15, -0.1) is 11.6 Å². The summed E-state index contributed by atoms with van der Waals surface area (Å²) in [6.07, 6.45) is 5.72. The number of rotatable bonds is 3. The number of halogens is 1. The first kappa shape index (κ1) is 8.73. The van der Waals surface area contributed by atoms with E-state index in [1.165, 1.54) is 25.7 Å². The Bertz CT molecular complexity index is 89.3. The van der Waals surface area contributed by atoms with Gasteiger partial charge < -0.3 is 0 Å². The van der Waals surface area contributed by atoms with Crippen molar-refractivity contribution in [2.75, 3.05) is 5.88 Å². The molecule has 2 heteroatoms. The van der Waals surface area contributed by atoms with Crippen molar-refractivity contribution in [1.82, 2.24) is 0 Å². The van der Waals surface area contributed by atoms with Crippen LogP contribution in [0.2, 0.25) is 0 Å². The highest BCUT2D eigenvalue weighted by atomic mass is 35.5. The van der Waals surface area contributed by atoms with Gasteiger partial charge >= 0.3 is 0 Å². The van der Waals surface area contributed by atoms with Gasteiger partial charge in [-0.05, 0) is 12.8 Å². The van der Waals surface area contributed by atoms with Crippen LogP contribution in [0.3, 0.4) is 0 Å². The lowest BCUT2D eigenvalue weighted by Crippen LogP contribution is -2.05. The molecule has 60 valence electrons. The Kier molecular flexibility index (Phi) is 3.93. The van der Waals surface area contributed by atoms with Crippen molar-refractivity contribution in [3.63, 3.8) is 0 Å². The molecule has 1 aliphatic rings. The zero-order chi connectivity index (χ0) is 7.40. The summed E-state index contributed by atoms with van der Waals surface area (Å²) < 4.78 is 0. The Balaban J connectivity index is 2.11. The van der Waals surface area contributed by atoms with E-state index < -0.39 is 0 Å². The highest BCUT2D eigenvalue weighted by Crippen LogP contribution is 2.32. The van der Waals surface area contributed by atoms with Crippen molar-refractivity contribution in [2.24, 2.45) is 0 Å². The lowest BCUT2D eigenvalue weighted by atomic mass is 10.4. The Labute approximate surface area is 72.7 Å². The first-order valence-corrected chi connectivity index (χ1v) is 5.52. The molecule has 0 bridgehead atoms. The predicted molar refractivity (Wildman–Crippen MR) is 50.0 cm³/mol. The summed E-state index contributed by atoms with van der Waals surface area (Å²) in [4.78, 5) is 0. The molecule has 0 spiro atoms. The van der Waals surface area contributed by atoms with Crippen LogP contribution in [0, 0.1) is 0 Å². The number of hydrogen-bond acceptors (Lipinski definition) is 1. The lowest BCUT2D eigenvalue weighted by molar-refractivity contribution is 0.886. The van der Waals surface area contributed by atoms with Gasteiger partial charge in [0.2, 0.25) is 0 Å². The fraction of sp³-hybridized carbons (Fsp3) is 1.00. The lowest BCUT2D eigenvalue weighted by Gasteiger charge is -2.12. The monoisotopic (exact) mass is 178 g/mol. The number of alkyl halides is 1. The molecule has 1 fully saturated rings. The van der Waals surface area contributed by atoms with Gasteiger partial charge in [0, 0.05) is 16.4 Å². The molecular formula is C8H15ClS. The summed E-state index contributed by atoms with van der Waals surface area (Å²) in [7, 11) is 0. The normalized spacial score (nSPS) is 23.4. The molecule has 1 saturated carbocycles. The van der Waals surface area contributed by atoms with Gasteiger partial charge in [0.15, 0.2) is 0 Å². The van der Waals surface area contributed by atoms with Crippen LogP contribution in [0.25, 0.3) is 0 Å². The van der Waals surface area contributed by atoms with Gasteiger partial charge in [-0.3, -0.25) is 0 Å². The maximum Gasteiger partial charge on any atom is 0.0340 e. The van der Waals surface area contributed by atoms with Crippen molar-refractivity contribution in [3.8, 4) is 0 Å². The molecule has 0 N–H and O–H groups in total. The summed E-state index contributed by atoms with van der Waals surface area (Å²) in [6, 6.07) is 0. The molecule has 0 radical (unpaired) electrons. The molecule has 0 aromatic heterocycles. The van der Waals surface area contributed by atoms with E-state index in [-0.39, 0.29) is 0 Å². The van der Waals surface area contributed by atoms with E-state index in [0.29, 0.717) is 5.25 Å². The molecule has 1 rings (SSSR count). The van der Waals surface area contributed by atoms with Crippen molar-refractivity contribution < 1.29 is 0 Å². The van der Waals surface area contributed by atoms with Gasteiger partial charge in [0.25, 0.3) is 0 Å². The molecule has 0 amide bonds. The minimum atomic E-state index is 0.657. The Morgan fingerprint density at radius 3 is 2.60 bits per heavy atom. The largest absolute Gasteiger partial charge is 0.154 e. The molecule has 0 aliphatic heterocycles. The first-order valence-electron chi connectivity index (χ1n) is 4.04. The predicted octanol–water partition coefficient (Wildman–Crippen LogP) is 3.29. The van der Waals surface area contributed by atoms with Gasteiger partial charge in [-0.1, -0.05) is 19.8 Å². The standard InChI is InChI=1S/C8H15ClS/c1-7(6-9)10-8-4-2-3-5-8/h7-8H,2-6H2,1H3. The smallest absolute Gasteiger partial charge is 0.0340 e. The fourth-order valence-corrected chi connectivity index (χ4v) is 2.94. The van der Waals surface area contributed by atoms with E-state index in [1.54, 1.807) is 0 Å². The summed E-state index contributed by atoms with van der Waals surface area (Å²) in [5.74, 6) is 0.807. The molecule has 0 saturated heterocycles. The third-order valence-corrected chi connectivity index (χ3v) is 4.08. The van der Waals surface area contributed by atoms with E-state index in [0.717, 1.165) is 11.1 Å². The summed E-state index contributed by atoms with van der Waals surface area (Å²) in [5, 5.41) is 1.58. The highest BCUT2D eigenvalue weighted by molar-refractivity contribution is 8.00. The highest BCUT2D eigenvalue weighted by Gasteiger charge is 2.17. The molecule has 0 nitrogen and oxygen atoms in total. The van der Waals surface area contributed by atoms with Crippen LogP contribution in [0.1, 0.15) is 32.6 Å². The minimum absolute atomic E-state index is 0.657. The van der Waals surface area contributed by atoms with Crippen LogP contribution in [0.15, 0.2) is 0 Å². The van der Waals surface area contributed by atoms with Crippen molar-refractivity contribution in [1.29, 1.82) is 0 Å². The number of hydrogen-bond donors (Lipinski definition) is 0. The van der Waals surface area contributed by atoms with Crippen LogP contribution in [-0.2, 0) is 0 Å². The second-order valence-corrected chi connectivity index (χ2v) is 5.06. The Morgan fingerprint density at radius 2 is 2.10 bits per heavy atom. The molecule has 0 heterocycles. The zero-order valence-electron chi connectivity index (χ0n) is 6.48. The van der Waals surface area contributed by atoms with Crippen LogP contribution < -0.4 is 0 Å². The van der Waals surface area contributed by atoms with Crippen LogP contribution in [0.5, 0.6) is 0 Å². The van der Waals surface area contributed by atoms with Gasteiger partial charge in [-0.25, -0.2) is 0 Å². The van der Waals surface area contributed by atoms with E-state index in [1.807, 2.05) is 0 Å². The van der Waals surface area contributed by atoms with Crippen molar-refractivity contribution in [2.45, 2.75) is 43.1 Å². The molecule has 1 atom stereocenters. The zero-order valence-corrected chi connectivity index (χ0v) is 8.05. The van der Waals surface area contributed by atoms with E-state index in [9.17, 15) is 0 Å². The molecular weight excluding hydrogens is 164 g/mol. The fourth-order valence-electron chi connectivity index (χ4n) is 1.39.